The van der Waals surface area contributed by atoms with Crippen molar-refractivity contribution in [2.45, 2.75) is 55.8 Å². The second-order valence-electron chi connectivity index (χ2n) is 5.65. The van der Waals surface area contributed by atoms with Crippen molar-refractivity contribution in [3.8, 4) is 0 Å². The van der Waals surface area contributed by atoms with Gasteiger partial charge in [0.15, 0.2) is 0 Å². The quantitative estimate of drug-likeness (QED) is 0.785. The summed E-state index contributed by atoms with van der Waals surface area (Å²) in [4.78, 5) is 0.0335. The van der Waals surface area contributed by atoms with Crippen molar-refractivity contribution >= 4 is 21.6 Å². The van der Waals surface area contributed by atoms with Gasteiger partial charge < -0.3 is 0 Å². The van der Waals surface area contributed by atoms with Crippen LogP contribution in [0.1, 0.15) is 43.2 Å². The van der Waals surface area contributed by atoms with Crippen molar-refractivity contribution in [2.75, 3.05) is 7.05 Å². The molecule has 1 aliphatic carbocycles. The van der Waals surface area contributed by atoms with Gasteiger partial charge in [-0.3, -0.25) is 0 Å². The Bertz CT molecular complexity index is 612. The molecule has 0 bridgehead atoms. The third-order valence-electron chi connectivity index (χ3n) is 4.26. The number of benzene rings is 1. The fourth-order valence-corrected chi connectivity index (χ4v) is 4.70. The molecule has 21 heavy (non-hydrogen) atoms. The Morgan fingerprint density at radius 1 is 1.29 bits per heavy atom. The van der Waals surface area contributed by atoms with E-state index in [0.29, 0.717) is 5.56 Å². The average Bonchev–Trinajstić information content (AvgIpc) is 2.49. The van der Waals surface area contributed by atoms with Crippen molar-refractivity contribution in [1.82, 2.24) is 4.31 Å². The molecule has 0 amide bonds. The number of hydrogen-bond donors (Lipinski definition) is 0. The summed E-state index contributed by atoms with van der Waals surface area (Å²) in [6, 6.07) is 2.79. The number of alkyl halides is 1. The molecule has 0 atom stereocenters. The van der Waals surface area contributed by atoms with Crippen LogP contribution in [0.15, 0.2) is 17.0 Å². The van der Waals surface area contributed by atoms with Gasteiger partial charge in [-0.2, -0.15) is 4.31 Å². The zero-order valence-corrected chi connectivity index (χ0v) is 14.0. The van der Waals surface area contributed by atoms with E-state index < -0.39 is 15.8 Å². The number of sulfonamides is 1. The Kier molecular flexibility index (Phi) is 5.28. The van der Waals surface area contributed by atoms with Crippen LogP contribution in [0.4, 0.5) is 4.39 Å². The van der Waals surface area contributed by atoms with Crippen molar-refractivity contribution in [1.29, 1.82) is 0 Å². The summed E-state index contributed by atoms with van der Waals surface area (Å²) in [5.74, 6) is -0.434. The zero-order valence-electron chi connectivity index (χ0n) is 12.4. The molecule has 1 saturated carbocycles. The fraction of sp³-hybridized carbons (Fsp3) is 0.600. The van der Waals surface area contributed by atoms with Gasteiger partial charge in [0.1, 0.15) is 5.82 Å². The highest BCUT2D eigenvalue weighted by Crippen LogP contribution is 2.29. The first-order valence-corrected chi connectivity index (χ1v) is 9.18. The zero-order chi connectivity index (χ0) is 15.6. The van der Waals surface area contributed by atoms with E-state index in [1.807, 2.05) is 0 Å². The lowest BCUT2D eigenvalue weighted by Crippen LogP contribution is -2.38. The predicted octanol–water partition coefficient (Wildman–Crippen LogP) is 3.83. The van der Waals surface area contributed by atoms with Crippen LogP contribution in [0.3, 0.4) is 0 Å². The lowest BCUT2D eigenvalue weighted by Gasteiger charge is -2.31. The highest BCUT2D eigenvalue weighted by atomic mass is 35.5. The molecule has 0 aliphatic heterocycles. The smallest absolute Gasteiger partial charge is 0.207 e. The summed E-state index contributed by atoms with van der Waals surface area (Å²) >= 11 is 5.73. The molecule has 1 aliphatic rings. The third-order valence-corrected chi connectivity index (χ3v) is 6.60. The maximum Gasteiger partial charge on any atom is 0.243 e. The SMILES string of the molecule is Cc1c(F)cc(CCl)cc1S(=O)(=O)N(C)C1CCCCC1. The van der Waals surface area contributed by atoms with Crippen LogP contribution in [-0.2, 0) is 15.9 Å². The number of halogens is 2. The second-order valence-corrected chi connectivity index (χ2v) is 7.88. The normalized spacial score (nSPS) is 17.4. The first kappa shape index (κ1) is 16.7. The van der Waals surface area contributed by atoms with Crippen LogP contribution in [0.5, 0.6) is 0 Å². The van der Waals surface area contributed by atoms with Crippen molar-refractivity contribution < 1.29 is 12.8 Å². The van der Waals surface area contributed by atoms with Gasteiger partial charge in [0.05, 0.1) is 4.90 Å². The molecule has 1 fully saturated rings. The molecule has 118 valence electrons. The fourth-order valence-electron chi connectivity index (χ4n) is 2.85. The maximum atomic E-state index is 13.9. The van der Waals surface area contributed by atoms with E-state index >= 15 is 0 Å². The van der Waals surface area contributed by atoms with Crippen LogP contribution >= 0.6 is 11.6 Å². The topological polar surface area (TPSA) is 37.4 Å². The Morgan fingerprint density at radius 2 is 1.90 bits per heavy atom. The lowest BCUT2D eigenvalue weighted by molar-refractivity contribution is 0.285. The van der Waals surface area contributed by atoms with Crippen LogP contribution in [0.25, 0.3) is 0 Å². The van der Waals surface area contributed by atoms with E-state index in [2.05, 4.69) is 0 Å². The number of hydrogen-bond acceptors (Lipinski definition) is 2. The van der Waals surface area contributed by atoms with Gasteiger partial charge in [0.25, 0.3) is 0 Å². The maximum absolute atomic E-state index is 13.9. The van der Waals surface area contributed by atoms with E-state index in [4.69, 9.17) is 11.6 Å². The standard InChI is InChI=1S/C15H21ClFNO2S/c1-11-14(17)8-12(10-16)9-15(11)21(19,20)18(2)13-6-4-3-5-7-13/h8-9,13H,3-7,10H2,1-2H3. The largest absolute Gasteiger partial charge is 0.243 e. The van der Waals surface area contributed by atoms with E-state index in [9.17, 15) is 12.8 Å². The molecule has 0 unspecified atom stereocenters. The summed E-state index contributed by atoms with van der Waals surface area (Å²) in [7, 11) is -2.10. The molecule has 0 spiro atoms. The van der Waals surface area contributed by atoms with E-state index in [1.54, 1.807) is 7.05 Å². The van der Waals surface area contributed by atoms with Gasteiger partial charge >= 0.3 is 0 Å². The molecule has 1 aromatic carbocycles. The first-order valence-electron chi connectivity index (χ1n) is 7.21. The van der Waals surface area contributed by atoms with E-state index in [-0.39, 0.29) is 22.4 Å². The molecule has 0 radical (unpaired) electrons. The Balaban J connectivity index is 2.40. The molecular weight excluding hydrogens is 313 g/mol. The highest BCUT2D eigenvalue weighted by Gasteiger charge is 2.31. The predicted molar refractivity (Wildman–Crippen MR) is 82.5 cm³/mol. The molecule has 3 nitrogen and oxygen atoms in total. The highest BCUT2D eigenvalue weighted by molar-refractivity contribution is 7.89. The average molecular weight is 334 g/mol. The minimum absolute atomic E-state index is 0.00543. The van der Waals surface area contributed by atoms with Gasteiger partial charge in [-0.15, -0.1) is 11.6 Å². The summed E-state index contributed by atoms with van der Waals surface area (Å²) in [5, 5.41) is 0. The molecule has 0 aromatic heterocycles. The monoisotopic (exact) mass is 333 g/mol. The van der Waals surface area contributed by atoms with Crippen molar-refractivity contribution in [3.05, 3.63) is 29.1 Å². The molecule has 0 N–H and O–H groups in total. The lowest BCUT2D eigenvalue weighted by atomic mass is 9.96. The molecule has 6 heteroatoms. The molecule has 0 saturated heterocycles. The summed E-state index contributed by atoms with van der Waals surface area (Å²) in [6.07, 6.45) is 4.97. The van der Waals surface area contributed by atoms with Gasteiger partial charge in [0, 0.05) is 24.5 Å². The Morgan fingerprint density at radius 3 is 2.48 bits per heavy atom. The van der Waals surface area contributed by atoms with Gasteiger partial charge in [0.2, 0.25) is 10.0 Å². The van der Waals surface area contributed by atoms with Gasteiger partial charge in [-0.05, 0) is 37.5 Å². The van der Waals surface area contributed by atoms with Gasteiger partial charge in [-0.25, -0.2) is 12.8 Å². The second kappa shape index (κ2) is 6.63. The first-order chi connectivity index (χ1) is 9.87. The summed E-state index contributed by atoms with van der Waals surface area (Å²) in [6.45, 7) is 1.49. The van der Waals surface area contributed by atoms with Crippen molar-refractivity contribution in [3.63, 3.8) is 0 Å². The van der Waals surface area contributed by atoms with E-state index in [1.165, 1.54) is 23.4 Å². The van der Waals surface area contributed by atoms with Crippen LogP contribution in [0, 0.1) is 12.7 Å². The number of nitrogens with zero attached hydrogens (tertiary/aromatic N) is 1. The van der Waals surface area contributed by atoms with Crippen LogP contribution in [-0.4, -0.2) is 25.8 Å². The Hall–Kier alpha value is -0.650. The molecule has 1 aromatic rings. The third kappa shape index (κ3) is 3.41. The van der Waals surface area contributed by atoms with Gasteiger partial charge in [-0.1, -0.05) is 19.3 Å². The molecule has 0 heterocycles. The van der Waals surface area contributed by atoms with Crippen LogP contribution in [0.2, 0.25) is 0 Å². The molecule has 2 rings (SSSR count). The molecular formula is C15H21ClFNO2S. The summed E-state index contributed by atoms with van der Waals surface area (Å²) in [5.41, 5.74) is 0.641. The van der Waals surface area contributed by atoms with Crippen molar-refractivity contribution in [2.24, 2.45) is 0 Å². The summed E-state index contributed by atoms with van der Waals surface area (Å²) < 4.78 is 40.9. The minimum Gasteiger partial charge on any atom is -0.207 e. The minimum atomic E-state index is -3.69. The Labute approximate surface area is 131 Å². The van der Waals surface area contributed by atoms with E-state index in [0.717, 1.165) is 32.1 Å². The number of rotatable bonds is 4. The van der Waals surface area contributed by atoms with Crippen LogP contribution < -0.4 is 0 Å².